The molecule has 0 saturated heterocycles. The maximum absolute atomic E-state index is 11.9. The first kappa shape index (κ1) is 15.4. The molecular formula is C15H13N5O4. The molecule has 0 bridgehead atoms. The van der Waals surface area contributed by atoms with Gasteiger partial charge >= 0.3 is 5.88 Å². The highest BCUT2D eigenvalue weighted by molar-refractivity contribution is 5.91. The van der Waals surface area contributed by atoms with Crippen LogP contribution in [-0.2, 0) is 13.6 Å². The molecule has 0 aliphatic heterocycles. The van der Waals surface area contributed by atoms with Crippen LogP contribution in [0.4, 0.5) is 5.88 Å². The highest BCUT2D eigenvalue weighted by Gasteiger charge is 2.17. The van der Waals surface area contributed by atoms with E-state index in [9.17, 15) is 14.9 Å². The van der Waals surface area contributed by atoms with Crippen LogP contribution in [-0.4, -0.2) is 25.6 Å². The van der Waals surface area contributed by atoms with E-state index >= 15 is 0 Å². The number of furan rings is 1. The van der Waals surface area contributed by atoms with Crippen LogP contribution >= 0.6 is 0 Å². The van der Waals surface area contributed by atoms with Gasteiger partial charge in [-0.3, -0.25) is 24.6 Å². The SMILES string of the molecule is Cn1nc(CNC(=O)c2ccc([N+](=O)[O-])o2)cc1-c1ccccn1. The van der Waals surface area contributed by atoms with Gasteiger partial charge in [0.05, 0.1) is 29.7 Å². The lowest BCUT2D eigenvalue weighted by atomic mass is 10.2. The van der Waals surface area contributed by atoms with E-state index in [1.165, 1.54) is 6.07 Å². The van der Waals surface area contributed by atoms with Crippen LogP contribution in [0.2, 0.25) is 0 Å². The minimum absolute atomic E-state index is 0.123. The van der Waals surface area contributed by atoms with Gasteiger partial charge in [-0.2, -0.15) is 5.10 Å². The van der Waals surface area contributed by atoms with Crippen LogP contribution in [0.25, 0.3) is 11.4 Å². The normalized spacial score (nSPS) is 10.5. The van der Waals surface area contributed by atoms with Gasteiger partial charge in [0.15, 0.2) is 5.76 Å². The van der Waals surface area contributed by atoms with Crippen LogP contribution in [0, 0.1) is 10.1 Å². The molecule has 1 N–H and O–H groups in total. The fraction of sp³-hybridized carbons (Fsp3) is 0.133. The average molecular weight is 327 g/mol. The molecule has 0 unspecified atom stereocenters. The molecule has 9 nitrogen and oxygen atoms in total. The van der Waals surface area contributed by atoms with Crippen molar-refractivity contribution in [1.82, 2.24) is 20.1 Å². The number of carbonyl (C=O) groups excluding carboxylic acids is 1. The number of aryl methyl sites for hydroxylation is 1. The van der Waals surface area contributed by atoms with Gasteiger partial charge < -0.3 is 9.73 Å². The Morgan fingerprint density at radius 1 is 1.38 bits per heavy atom. The second-order valence-electron chi connectivity index (χ2n) is 4.94. The van der Waals surface area contributed by atoms with Gasteiger partial charge in [0, 0.05) is 13.2 Å². The van der Waals surface area contributed by atoms with Crippen molar-refractivity contribution in [3.8, 4) is 11.4 Å². The first-order valence-electron chi connectivity index (χ1n) is 7.01. The molecule has 3 aromatic heterocycles. The summed E-state index contributed by atoms with van der Waals surface area (Å²) in [6.07, 6.45) is 1.69. The average Bonchev–Trinajstić information content (AvgIpc) is 3.20. The van der Waals surface area contributed by atoms with E-state index < -0.39 is 16.7 Å². The molecule has 0 aliphatic carbocycles. The summed E-state index contributed by atoms with van der Waals surface area (Å²) in [5.41, 5.74) is 2.22. The molecule has 1 amide bonds. The first-order valence-corrected chi connectivity index (χ1v) is 7.01. The van der Waals surface area contributed by atoms with E-state index in [0.717, 1.165) is 17.5 Å². The van der Waals surface area contributed by atoms with E-state index in [0.29, 0.717) is 5.69 Å². The summed E-state index contributed by atoms with van der Waals surface area (Å²) in [5, 5.41) is 17.5. The molecule has 3 rings (SSSR count). The number of hydrogen-bond donors (Lipinski definition) is 1. The van der Waals surface area contributed by atoms with Gasteiger partial charge in [0.25, 0.3) is 5.91 Å². The Bertz CT molecular complexity index is 884. The summed E-state index contributed by atoms with van der Waals surface area (Å²) in [4.78, 5) is 26.1. The number of nitrogens with one attached hydrogen (secondary N) is 1. The number of nitrogens with zero attached hydrogens (tertiary/aromatic N) is 4. The van der Waals surface area contributed by atoms with Crippen molar-refractivity contribution in [3.05, 3.63) is 64.2 Å². The van der Waals surface area contributed by atoms with E-state index in [4.69, 9.17) is 4.42 Å². The Labute approximate surface area is 136 Å². The maximum Gasteiger partial charge on any atom is 0.433 e. The van der Waals surface area contributed by atoms with Crippen molar-refractivity contribution < 1.29 is 14.1 Å². The number of carbonyl (C=O) groups is 1. The van der Waals surface area contributed by atoms with Crippen LogP contribution < -0.4 is 5.32 Å². The molecule has 0 atom stereocenters. The number of aromatic nitrogens is 3. The fourth-order valence-electron chi connectivity index (χ4n) is 2.17. The maximum atomic E-state index is 11.9. The highest BCUT2D eigenvalue weighted by atomic mass is 16.6. The van der Waals surface area contributed by atoms with Crippen LogP contribution in [0.5, 0.6) is 0 Å². The molecule has 0 radical (unpaired) electrons. The molecule has 0 saturated carbocycles. The molecule has 0 aliphatic rings. The standard InChI is InChI=1S/C15H13N5O4/c1-19-12(11-4-2-3-7-16-11)8-10(18-19)9-17-15(21)13-5-6-14(24-13)20(22)23/h2-8H,9H2,1H3,(H,17,21). The molecule has 0 spiro atoms. The zero-order valence-corrected chi connectivity index (χ0v) is 12.7. The number of hydrogen-bond acceptors (Lipinski definition) is 6. The number of rotatable bonds is 5. The Hall–Kier alpha value is -3.49. The third-order valence-corrected chi connectivity index (χ3v) is 3.28. The Morgan fingerprint density at radius 3 is 2.88 bits per heavy atom. The molecule has 0 aromatic carbocycles. The summed E-state index contributed by atoms with van der Waals surface area (Å²) >= 11 is 0. The third kappa shape index (κ3) is 3.14. The molecule has 3 heterocycles. The van der Waals surface area contributed by atoms with Crippen molar-refractivity contribution in [1.29, 1.82) is 0 Å². The number of amides is 1. The minimum Gasteiger partial charge on any atom is -0.395 e. The molecule has 9 heteroatoms. The zero-order chi connectivity index (χ0) is 17.1. The molecular weight excluding hydrogens is 314 g/mol. The van der Waals surface area contributed by atoms with Crippen LogP contribution in [0.1, 0.15) is 16.2 Å². The lowest BCUT2D eigenvalue weighted by Crippen LogP contribution is -2.22. The summed E-state index contributed by atoms with van der Waals surface area (Å²) in [6, 6.07) is 9.76. The zero-order valence-electron chi connectivity index (χ0n) is 12.7. The largest absolute Gasteiger partial charge is 0.433 e. The Morgan fingerprint density at radius 2 is 2.21 bits per heavy atom. The summed E-state index contributed by atoms with van der Waals surface area (Å²) < 4.78 is 6.52. The van der Waals surface area contributed by atoms with Crippen LogP contribution in [0.15, 0.2) is 47.0 Å². The molecule has 24 heavy (non-hydrogen) atoms. The molecule has 3 aromatic rings. The van der Waals surface area contributed by atoms with Gasteiger partial charge in [0.2, 0.25) is 0 Å². The van der Waals surface area contributed by atoms with Gasteiger partial charge in [-0.15, -0.1) is 0 Å². The van der Waals surface area contributed by atoms with E-state index in [2.05, 4.69) is 15.4 Å². The van der Waals surface area contributed by atoms with Gasteiger partial charge in [-0.25, -0.2) is 0 Å². The van der Waals surface area contributed by atoms with Crippen molar-refractivity contribution in [2.75, 3.05) is 0 Å². The predicted molar refractivity (Wildman–Crippen MR) is 83.0 cm³/mol. The van der Waals surface area contributed by atoms with Crippen molar-refractivity contribution in [2.45, 2.75) is 6.54 Å². The van der Waals surface area contributed by atoms with E-state index in [1.54, 1.807) is 17.9 Å². The molecule has 122 valence electrons. The fourth-order valence-corrected chi connectivity index (χ4v) is 2.17. The second-order valence-corrected chi connectivity index (χ2v) is 4.94. The van der Waals surface area contributed by atoms with Crippen molar-refractivity contribution in [2.24, 2.45) is 7.05 Å². The topological polar surface area (TPSA) is 116 Å². The minimum atomic E-state index is -0.700. The lowest BCUT2D eigenvalue weighted by Gasteiger charge is -1.99. The number of nitro groups is 1. The smallest absolute Gasteiger partial charge is 0.395 e. The second kappa shape index (κ2) is 6.32. The van der Waals surface area contributed by atoms with Gasteiger partial charge in [-0.05, 0) is 24.3 Å². The summed E-state index contributed by atoms with van der Waals surface area (Å²) in [6.45, 7) is 0.161. The van der Waals surface area contributed by atoms with Crippen molar-refractivity contribution in [3.63, 3.8) is 0 Å². The van der Waals surface area contributed by atoms with E-state index in [-0.39, 0.29) is 12.3 Å². The summed E-state index contributed by atoms with van der Waals surface area (Å²) in [7, 11) is 1.78. The third-order valence-electron chi connectivity index (χ3n) is 3.28. The Balaban J connectivity index is 1.68. The van der Waals surface area contributed by atoms with E-state index in [1.807, 2.05) is 24.3 Å². The van der Waals surface area contributed by atoms with Gasteiger partial charge in [-0.1, -0.05) is 6.07 Å². The quantitative estimate of drug-likeness (QED) is 0.565. The molecule has 0 fully saturated rings. The summed E-state index contributed by atoms with van der Waals surface area (Å²) in [5.74, 6) is -1.15. The Kier molecular flexibility index (Phi) is 4.06. The monoisotopic (exact) mass is 327 g/mol. The first-order chi connectivity index (χ1) is 11.5. The number of pyridine rings is 1. The van der Waals surface area contributed by atoms with Crippen LogP contribution in [0.3, 0.4) is 0 Å². The highest BCUT2D eigenvalue weighted by Crippen LogP contribution is 2.18. The lowest BCUT2D eigenvalue weighted by molar-refractivity contribution is -0.402. The van der Waals surface area contributed by atoms with Crippen molar-refractivity contribution >= 4 is 11.8 Å². The van der Waals surface area contributed by atoms with Gasteiger partial charge in [0.1, 0.15) is 4.92 Å². The predicted octanol–water partition coefficient (Wildman–Crippen LogP) is 1.91.